The number of hydrogen-bond acceptors (Lipinski definition) is 6. The Kier molecular flexibility index (Phi) is 8.02. The molecule has 3 aromatic carbocycles. The summed E-state index contributed by atoms with van der Waals surface area (Å²) in [6, 6.07) is 17.6. The monoisotopic (exact) mass is 586 g/mol. The van der Waals surface area contributed by atoms with Crippen molar-refractivity contribution in [2.45, 2.75) is 48.9 Å². The molecule has 4 aromatic rings. The summed E-state index contributed by atoms with van der Waals surface area (Å²) < 4.78 is 62.5. The fraction of sp³-hybridized carbons (Fsp3) is 0.214. The predicted octanol–water partition coefficient (Wildman–Crippen LogP) is 5.77. The smallest absolute Gasteiger partial charge is 0.444 e. The first-order valence-corrected chi connectivity index (χ1v) is 13.7. The number of amides is 2. The topological polar surface area (TPSA) is 120 Å². The SMILES string of the molecule is CC(C)(C)OC(=O)Nc1cccc(Cn2ncc3cc(S(=O)(=NC(=O)C(F)(F)F)c4ccccc4)ccc3c2=O)c1. The first-order valence-electron chi connectivity index (χ1n) is 12.2. The van der Waals surface area contributed by atoms with Crippen molar-refractivity contribution in [2.75, 3.05) is 5.32 Å². The van der Waals surface area contributed by atoms with Gasteiger partial charge in [0.05, 0.1) is 27.9 Å². The second-order valence-corrected chi connectivity index (χ2v) is 12.1. The molecule has 0 fully saturated rings. The van der Waals surface area contributed by atoms with Gasteiger partial charge in [0, 0.05) is 11.1 Å². The molecule has 0 aliphatic carbocycles. The number of rotatable bonds is 5. The van der Waals surface area contributed by atoms with Crippen molar-refractivity contribution in [3.8, 4) is 0 Å². The number of aromatic nitrogens is 2. The molecule has 1 atom stereocenters. The maximum atomic E-state index is 13.8. The highest BCUT2D eigenvalue weighted by molar-refractivity contribution is 7.94. The Morgan fingerprint density at radius 3 is 2.34 bits per heavy atom. The molecule has 0 saturated carbocycles. The van der Waals surface area contributed by atoms with Crippen LogP contribution in [0.3, 0.4) is 0 Å². The van der Waals surface area contributed by atoms with Crippen LogP contribution in [0.2, 0.25) is 0 Å². The van der Waals surface area contributed by atoms with Gasteiger partial charge in [0.25, 0.3) is 5.56 Å². The summed E-state index contributed by atoms with van der Waals surface area (Å²) in [6.07, 6.45) is -4.65. The molecule has 0 radical (unpaired) electrons. The number of fused-ring (bicyclic) bond motifs is 1. The summed E-state index contributed by atoms with van der Waals surface area (Å²) >= 11 is 0. The Labute approximate surface area is 233 Å². The molecule has 1 aromatic heterocycles. The summed E-state index contributed by atoms with van der Waals surface area (Å²) in [5, 5.41) is 7.14. The lowest BCUT2D eigenvalue weighted by Crippen LogP contribution is -2.27. The van der Waals surface area contributed by atoms with Crippen LogP contribution in [0.5, 0.6) is 0 Å². The number of nitrogens with zero attached hydrogens (tertiary/aromatic N) is 3. The van der Waals surface area contributed by atoms with Crippen LogP contribution in [0, 0.1) is 0 Å². The molecule has 1 heterocycles. The molecule has 2 amide bonds. The Hall–Kier alpha value is -4.52. The molecular formula is C28H25F3N4O5S. The number of carbonyl (C=O) groups is 2. The van der Waals surface area contributed by atoms with Gasteiger partial charge in [-0.15, -0.1) is 4.36 Å². The number of anilines is 1. The zero-order valence-electron chi connectivity index (χ0n) is 22.1. The van der Waals surface area contributed by atoms with Gasteiger partial charge in [-0.1, -0.05) is 30.3 Å². The average molecular weight is 587 g/mol. The third kappa shape index (κ3) is 6.98. The lowest BCUT2D eigenvalue weighted by molar-refractivity contribution is -0.169. The van der Waals surface area contributed by atoms with E-state index in [0.717, 1.165) is 0 Å². The van der Waals surface area contributed by atoms with E-state index < -0.39 is 39.1 Å². The van der Waals surface area contributed by atoms with Gasteiger partial charge in [0.15, 0.2) is 0 Å². The van der Waals surface area contributed by atoms with E-state index in [2.05, 4.69) is 14.8 Å². The molecule has 214 valence electrons. The Morgan fingerprint density at radius 1 is 0.976 bits per heavy atom. The van der Waals surface area contributed by atoms with Crippen LogP contribution in [-0.4, -0.2) is 37.8 Å². The Morgan fingerprint density at radius 2 is 1.68 bits per heavy atom. The molecule has 0 aliphatic heterocycles. The van der Waals surface area contributed by atoms with E-state index in [1.807, 2.05) is 0 Å². The van der Waals surface area contributed by atoms with Crippen LogP contribution >= 0.6 is 0 Å². The number of halogens is 3. The Balaban J connectivity index is 1.69. The second-order valence-electron chi connectivity index (χ2n) is 9.92. The predicted molar refractivity (Wildman–Crippen MR) is 146 cm³/mol. The van der Waals surface area contributed by atoms with Crippen LogP contribution in [0.15, 0.2) is 97.9 Å². The molecule has 9 nitrogen and oxygen atoms in total. The number of ether oxygens (including phenoxy) is 1. The summed E-state index contributed by atoms with van der Waals surface area (Å²) in [7, 11) is -4.04. The summed E-state index contributed by atoms with van der Waals surface area (Å²) in [5.41, 5.74) is -0.113. The van der Waals surface area contributed by atoms with Gasteiger partial charge in [0.2, 0.25) is 0 Å². The Bertz CT molecular complexity index is 1810. The highest BCUT2D eigenvalue weighted by atomic mass is 32.2. The quantitative estimate of drug-likeness (QED) is 0.317. The molecule has 41 heavy (non-hydrogen) atoms. The second kappa shape index (κ2) is 11.2. The molecular weight excluding hydrogens is 561 g/mol. The first-order chi connectivity index (χ1) is 19.2. The zero-order chi connectivity index (χ0) is 30.0. The highest BCUT2D eigenvalue weighted by Crippen LogP contribution is 2.28. The molecule has 4 rings (SSSR count). The van der Waals surface area contributed by atoms with Crippen molar-refractivity contribution < 1.29 is 31.7 Å². The average Bonchev–Trinajstić information content (AvgIpc) is 2.89. The molecule has 0 aliphatic rings. The largest absolute Gasteiger partial charge is 0.474 e. The lowest BCUT2D eigenvalue weighted by Gasteiger charge is -2.19. The number of benzene rings is 3. The minimum absolute atomic E-state index is 0.0382. The fourth-order valence-electron chi connectivity index (χ4n) is 3.81. The van der Waals surface area contributed by atoms with Gasteiger partial charge >= 0.3 is 18.2 Å². The molecule has 0 saturated heterocycles. The van der Waals surface area contributed by atoms with Crippen molar-refractivity contribution >= 4 is 38.2 Å². The van der Waals surface area contributed by atoms with Gasteiger partial charge in [0.1, 0.15) is 15.3 Å². The van der Waals surface area contributed by atoms with Gasteiger partial charge < -0.3 is 4.74 Å². The number of alkyl halides is 3. The normalized spacial score (nSPS) is 13.3. The number of nitrogens with one attached hydrogen (secondary N) is 1. The third-order valence-electron chi connectivity index (χ3n) is 5.56. The third-order valence-corrected chi connectivity index (χ3v) is 7.79. The van der Waals surface area contributed by atoms with Gasteiger partial charge in [-0.2, -0.15) is 18.3 Å². The van der Waals surface area contributed by atoms with Crippen molar-refractivity contribution in [1.29, 1.82) is 0 Å². The van der Waals surface area contributed by atoms with Crippen molar-refractivity contribution in [3.63, 3.8) is 0 Å². The van der Waals surface area contributed by atoms with Crippen LogP contribution in [0.1, 0.15) is 26.3 Å². The lowest BCUT2D eigenvalue weighted by atomic mass is 10.2. The number of hydrogen-bond donors (Lipinski definition) is 1. The zero-order valence-corrected chi connectivity index (χ0v) is 23.0. The summed E-state index contributed by atoms with van der Waals surface area (Å²) in [6.45, 7) is 5.25. The van der Waals surface area contributed by atoms with Gasteiger partial charge in [-0.05, 0) is 68.8 Å². The van der Waals surface area contributed by atoms with Crippen LogP contribution < -0.4 is 10.9 Å². The standard InChI is InChI=1S/C28H25F3N4O5S/c1-27(2,3)40-26(38)33-20-9-7-8-18(14-20)17-35-24(36)23-13-12-22(15-19(23)16-32-35)41(39,21-10-5-4-6-11-21)34-25(37)28(29,30)31/h4-16H,17H2,1-3H3,(H,33,38). The minimum atomic E-state index is -5.32. The molecule has 13 heteroatoms. The van der Waals surface area contributed by atoms with Gasteiger partial charge in [-0.3, -0.25) is 14.9 Å². The maximum Gasteiger partial charge on any atom is 0.474 e. The van der Waals surface area contributed by atoms with E-state index in [-0.39, 0.29) is 27.1 Å². The van der Waals surface area contributed by atoms with Crippen LogP contribution in [-0.2, 0) is 25.8 Å². The minimum Gasteiger partial charge on any atom is -0.444 e. The van der Waals surface area contributed by atoms with E-state index in [9.17, 15) is 31.8 Å². The van der Waals surface area contributed by atoms with Crippen LogP contribution in [0.4, 0.5) is 23.7 Å². The first kappa shape index (κ1) is 29.5. The van der Waals surface area contributed by atoms with E-state index in [1.54, 1.807) is 51.1 Å². The van der Waals surface area contributed by atoms with E-state index in [1.165, 1.54) is 53.3 Å². The summed E-state index contributed by atoms with van der Waals surface area (Å²) in [5.74, 6) is -2.48. The molecule has 1 N–H and O–H groups in total. The van der Waals surface area contributed by atoms with E-state index in [0.29, 0.717) is 11.3 Å². The molecule has 0 spiro atoms. The number of carbonyl (C=O) groups excluding carboxylic acids is 2. The van der Waals surface area contributed by atoms with E-state index in [4.69, 9.17) is 4.74 Å². The summed E-state index contributed by atoms with van der Waals surface area (Å²) in [4.78, 5) is 36.8. The highest BCUT2D eigenvalue weighted by Gasteiger charge is 2.40. The maximum absolute atomic E-state index is 13.8. The molecule has 1 unspecified atom stereocenters. The van der Waals surface area contributed by atoms with Crippen molar-refractivity contribution in [2.24, 2.45) is 4.36 Å². The molecule has 0 bridgehead atoms. The van der Waals surface area contributed by atoms with Crippen molar-refractivity contribution in [3.05, 3.63) is 94.9 Å². The van der Waals surface area contributed by atoms with Crippen molar-refractivity contribution in [1.82, 2.24) is 9.78 Å². The fourth-order valence-corrected chi connectivity index (χ4v) is 5.69. The van der Waals surface area contributed by atoms with Crippen LogP contribution in [0.25, 0.3) is 10.8 Å². The van der Waals surface area contributed by atoms with E-state index >= 15 is 0 Å². The van der Waals surface area contributed by atoms with Gasteiger partial charge in [-0.25, -0.2) is 13.7 Å².